The Balaban J connectivity index is 2.11. The minimum Gasteiger partial charge on any atom is -0.480 e. The summed E-state index contributed by atoms with van der Waals surface area (Å²) in [6, 6.07) is 9.56. The van der Waals surface area contributed by atoms with Gasteiger partial charge in [0.25, 0.3) is 5.91 Å². The van der Waals surface area contributed by atoms with Crippen molar-refractivity contribution >= 4 is 11.7 Å². The van der Waals surface area contributed by atoms with E-state index in [-0.39, 0.29) is 5.91 Å². The van der Waals surface area contributed by atoms with Gasteiger partial charge in [0, 0.05) is 6.07 Å². The van der Waals surface area contributed by atoms with E-state index in [1.54, 1.807) is 13.0 Å². The quantitative estimate of drug-likeness (QED) is 0.827. The predicted molar refractivity (Wildman–Crippen MR) is 89.7 cm³/mol. The number of anilines is 1. The lowest BCUT2D eigenvalue weighted by atomic mass is 9.98. The highest BCUT2D eigenvalue weighted by atomic mass is 16.5. The molecule has 0 fully saturated rings. The summed E-state index contributed by atoms with van der Waals surface area (Å²) in [5.41, 5.74) is 1.12. The zero-order chi connectivity index (χ0) is 16.8. The average molecular weight is 316 g/mol. The van der Waals surface area contributed by atoms with E-state index in [1.807, 2.05) is 25.1 Å². The molecule has 5 nitrogen and oxygen atoms in total. The number of nitrogens with one attached hydrogen (secondary N) is 1. The molecule has 0 saturated carbocycles. The molecule has 1 N–H and O–H groups in total. The summed E-state index contributed by atoms with van der Waals surface area (Å²) in [5, 5.41) is 6.50. The zero-order valence-corrected chi connectivity index (χ0v) is 14.1. The highest BCUT2D eigenvalue weighted by molar-refractivity contribution is 5.93. The van der Waals surface area contributed by atoms with Crippen molar-refractivity contribution in [3.63, 3.8) is 0 Å². The van der Waals surface area contributed by atoms with E-state index < -0.39 is 6.10 Å². The third-order valence-electron chi connectivity index (χ3n) is 3.87. The number of rotatable bonds is 7. The van der Waals surface area contributed by atoms with Gasteiger partial charge in [-0.2, -0.15) is 0 Å². The molecule has 5 heteroatoms. The lowest BCUT2D eigenvalue weighted by Crippen LogP contribution is -2.32. The van der Waals surface area contributed by atoms with E-state index >= 15 is 0 Å². The Kier molecular flexibility index (Phi) is 5.79. The van der Waals surface area contributed by atoms with Crippen LogP contribution in [0.15, 0.2) is 34.9 Å². The number of benzene rings is 1. The highest BCUT2D eigenvalue weighted by Crippen LogP contribution is 2.29. The maximum absolute atomic E-state index is 12.4. The van der Waals surface area contributed by atoms with Gasteiger partial charge in [0.05, 0.1) is 0 Å². The summed E-state index contributed by atoms with van der Waals surface area (Å²) < 4.78 is 10.9. The molecule has 0 aliphatic carbocycles. The Morgan fingerprint density at radius 1 is 1.30 bits per heavy atom. The third kappa shape index (κ3) is 4.34. The number of hydrogen-bond acceptors (Lipinski definition) is 4. The fourth-order valence-electron chi connectivity index (χ4n) is 2.32. The number of carbonyl (C=O) groups is 1. The molecule has 124 valence electrons. The smallest absolute Gasteiger partial charge is 0.266 e. The summed E-state index contributed by atoms with van der Waals surface area (Å²) in [6.45, 7) is 7.99. The van der Waals surface area contributed by atoms with Crippen LogP contribution in [-0.4, -0.2) is 17.2 Å². The molecule has 1 heterocycles. The van der Waals surface area contributed by atoms with E-state index in [2.05, 4.69) is 30.4 Å². The van der Waals surface area contributed by atoms with Gasteiger partial charge in [-0.25, -0.2) is 0 Å². The summed E-state index contributed by atoms with van der Waals surface area (Å²) in [6.07, 6.45) is 1.01. The van der Waals surface area contributed by atoms with Crippen LogP contribution in [0.25, 0.3) is 0 Å². The molecule has 0 spiro atoms. The molecular weight excluding hydrogens is 292 g/mol. The van der Waals surface area contributed by atoms with Gasteiger partial charge in [0.1, 0.15) is 11.5 Å². The molecule has 0 saturated heterocycles. The van der Waals surface area contributed by atoms with Gasteiger partial charge in [-0.15, -0.1) is 0 Å². The standard InChI is InChI=1S/C18H24N2O3/c1-5-12(3)14-9-7-8-10-16(14)22-15(6-2)18(21)19-17-11-13(4)23-20-17/h7-12,15H,5-6H2,1-4H3,(H,19,20,21). The van der Waals surface area contributed by atoms with Gasteiger partial charge in [-0.05, 0) is 37.3 Å². The van der Waals surface area contributed by atoms with Gasteiger partial charge < -0.3 is 14.6 Å². The van der Waals surface area contributed by atoms with Crippen LogP contribution < -0.4 is 10.1 Å². The molecule has 1 aromatic heterocycles. The van der Waals surface area contributed by atoms with E-state index in [4.69, 9.17) is 9.26 Å². The van der Waals surface area contributed by atoms with Crippen LogP contribution >= 0.6 is 0 Å². The molecule has 2 aromatic rings. The number of aryl methyl sites for hydroxylation is 1. The van der Waals surface area contributed by atoms with Crippen molar-refractivity contribution in [1.29, 1.82) is 0 Å². The van der Waals surface area contributed by atoms with Crippen molar-refractivity contribution in [2.45, 2.75) is 52.6 Å². The van der Waals surface area contributed by atoms with Crippen LogP contribution in [0.1, 0.15) is 50.9 Å². The van der Waals surface area contributed by atoms with Crippen molar-refractivity contribution in [1.82, 2.24) is 5.16 Å². The van der Waals surface area contributed by atoms with Gasteiger partial charge in [-0.1, -0.05) is 44.1 Å². The number of ether oxygens (including phenoxy) is 1. The second kappa shape index (κ2) is 7.81. The van der Waals surface area contributed by atoms with Crippen molar-refractivity contribution in [3.05, 3.63) is 41.7 Å². The summed E-state index contributed by atoms with van der Waals surface area (Å²) in [7, 11) is 0. The fourth-order valence-corrected chi connectivity index (χ4v) is 2.32. The molecule has 2 atom stereocenters. The van der Waals surface area contributed by atoms with Gasteiger partial charge in [-0.3, -0.25) is 4.79 Å². The minimum atomic E-state index is -0.572. The molecule has 2 rings (SSSR count). The van der Waals surface area contributed by atoms with Crippen LogP contribution in [0.5, 0.6) is 5.75 Å². The highest BCUT2D eigenvalue weighted by Gasteiger charge is 2.21. The molecule has 23 heavy (non-hydrogen) atoms. The van der Waals surface area contributed by atoms with E-state index in [9.17, 15) is 4.79 Å². The third-order valence-corrected chi connectivity index (χ3v) is 3.87. The lowest BCUT2D eigenvalue weighted by molar-refractivity contribution is -0.122. The van der Waals surface area contributed by atoms with Gasteiger partial charge in [0.2, 0.25) is 0 Å². The number of aromatic nitrogens is 1. The molecule has 0 bridgehead atoms. The molecular formula is C18H24N2O3. The molecule has 1 amide bonds. The average Bonchev–Trinajstić information content (AvgIpc) is 2.97. The van der Waals surface area contributed by atoms with E-state index in [0.717, 1.165) is 17.7 Å². The fraction of sp³-hybridized carbons (Fsp3) is 0.444. The van der Waals surface area contributed by atoms with Crippen molar-refractivity contribution in [3.8, 4) is 5.75 Å². The summed E-state index contributed by atoms with van der Waals surface area (Å²) in [5.74, 6) is 1.98. The van der Waals surface area contributed by atoms with E-state index in [0.29, 0.717) is 23.9 Å². The number of carbonyl (C=O) groups excluding carboxylic acids is 1. The normalized spacial score (nSPS) is 13.4. The maximum atomic E-state index is 12.4. The summed E-state index contributed by atoms with van der Waals surface area (Å²) >= 11 is 0. The van der Waals surface area contributed by atoms with Gasteiger partial charge >= 0.3 is 0 Å². The first kappa shape index (κ1) is 17.1. The van der Waals surface area contributed by atoms with Crippen LogP contribution in [0.3, 0.4) is 0 Å². The number of nitrogens with zero attached hydrogens (tertiary/aromatic N) is 1. The van der Waals surface area contributed by atoms with Crippen LogP contribution in [0.4, 0.5) is 5.82 Å². The Morgan fingerprint density at radius 3 is 2.65 bits per heavy atom. The molecule has 1 aromatic carbocycles. The largest absolute Gasteiger partial charge is 0.480 e. The van der Waals surface area contributed by atoms with Crippen molar-refractivity contribution < 1.29 is 14.1 Å². The minimum absolute atomic E-state index is 0.222. The monoisotopic (exact) mass is 316 g/mol. The predicted octanol–water partition coefficient (Wildman–Crippen LogP) is 4.29. The van der Waals surface area contributed by atoms with Crippen molar-refractivity contribution in [2.75, 3.05) is 5.32 Å². The lowest BCUT2D eigenvalue weighted by Gasteiger charge is -2.20. The van der Waals surface area contributed by atoms with Crippen LogP contribution in [-0.2, 0) is 4.79 Å². The molecule has 0 aliphatic rings. The first-order valence-corrected chi connectivity index (χ1v) is 8.04. The Bertz CT molecular complexity index is 651. The summed E-state index contributed by atoms with van der Waals surface area (Å²) in [4.78, 5) is 12.4. The topological polar surface area (TPSA) is 64.4 Å². The molecule has 0 aliphatic heterocycles. The second-order valence-electron chi connectivity index (χ2n) is 5.67. The van der Waals surface area contributed by atoms with Crippen molar-refractivity contribution in [2.24, 2.45) is 0 Å². The number of amides is 1. The van der Waals surface area contributed by atoms with Gasteiger partial charge in [0.15, 0.2) is 11.9 Å². The first-order valence-electron chi connectivity index (χ1n) is 8.04. The SMILES string of the molecule is CCC(Oc1ccccc1C(C)CC)C(=O)Nc1cc(C)on1. The Morgan fingerprint density at radius 2 is 2.04 bits per heavy atom. The zero-order valence-electron chi connectivity index (χ0n) is 14.1. The van der Waals surface area contributed by atoms with Crippen LogP contribution in [0.2, 0.25) is 0 Å². The van der Waals surface area contributed by atoms with E-state index in [1.165, 1.54) is 0 Å². The first-order chi connectivity index (χ1) is 11.0. The molecule has 2 unspecified atom stereocenters. The molecule has 0 radical (unpaired) electrons. The maximum Gasteiger partial charge on any atom is 0.266 e. The number of para-hydroxylation sites is 1. The second-order valence-corrected chi connectivity index (χ2v) is 5.67. The number of hydrogen-bond donors (Lipinski definition) is 1. The Hall–Kier alpha value is -2.30. The Labute approximate surface area is 137 Å². The van der Waals surface area contributed by atoms with Crippen LogP contribution in [0, 0.1) is 6.92 Å².